The van der Waals surface area contributed by atoms with E-state index in [1.807, 2.05) is 4.90 Å². The smallest absolute Gasteiger partial charge is 0.272 e. The number of rotatable bonds is 3. The summed E-state index contributed by atoms with van der Waals surface area (Å²) in [6.45, 7) is 2.31. The van der Waals surface area contributed by atoms with Crippen LogP contribution in [-0.2, 0) is 17.6 Å². The normalized spacial score (nSPS) is 38.8. The zero-order valence-electron chi connectivity index (χ0n) is 18.0. The molecular formula is C24H31F2N3O2. The fourth-order valence-electron chi connectivity index (χ4n) is 7.59. The first-order valence-electron chi connectivity index (χ1n) is 11.9. The molecule has 4 saturated carbocycles. The van der Waals surface area contributed by atoms with Crippen LogP contribution < -0.4 is 5.32 Å². The fourth-order valence-corrected chi connectivity index (χ4v) is 7.59. The van der Waals surface area contributed by atoms with E-state index < -0.39 is 16.9 Å². The number of halogens is 2. The minimum atomic E-state index is -1.39. The van der Waals surface area contributed by atoms with Gasteiger partial charge in [0.05, 0.1) is 25.1 Å². The van der Waals surface area contributed by atoms with Gasteiger partial charge in [0.1, 0.15) is 17.0 Å². The van der Waals surface area contributed by atoms with Crippen molar-refractivity contribution in [1.29, 1.82) is 0 Å². The third kappa shape index (κ3) is 3.35. The maximum absolute atomic E-state index is 15.4. The second-order valence-corrected chi connectivity index (χ2v) is 10.8. The SMILES string of the molecule is O=C(c1ncc(NC23CC4CC(F)(CC(F)(C4)C2)C3)c2c1CCCC2)N1CCOCC1. The molecule has 2 heterocycles. The molecule has 1 aromatic heterocycles. The van der Waals surface area contributed by atoms with Crippen molar-refractivity contribution in [2.45, 2.75) is 81.1 Å². The average molecular weight is 432 g/mol. The van der Waals surface area contributed by atoms with Crippen molar-refractivity contribution in [3.05, 3.63) is 23.0 Å². The Kier molecular flexibility index (Phi) is 4.41. The summed E-state index contributed by atoms with van der Waals surface area (Å²) in [6.07, 6.45) is 8.23. The molecule has 4 bridgehead atoms. The van der Waals surface area contributed by atoms with E-state index >= 15 is 8.78 Å². The summed E-state index contributed by atoms with van der Waals surface area (Å²) in [6, 6.07) is 0. The molecule has 2 unspecified atom stereocenters. The summed E-state index contributed by atoms with van der Waals surface area (Å²) in [5.41, 5.74) is 0.295. The number of amides is 1. The first kappa shape index (κ1) is 19.9. The van der Waals surface area contributed by atoms with Crippen LogP contribution in [0.2, 0.25) is 0 Å². The molecule has 2 atom stereocenters. The van der Waals surface area contributed by atoms with Crippen molar-refractivity contribution >= 4 is 11.6 Å². The Bertz CT molecular complexity index is 898. The summed E-state index contributed by atoms with van der Waals surface area (Å²) < 4.78 is 36.3. The first-order valence-corrected chi connectivity index (χ1v) is 11.9. The summed E-state index contributed by atoms with van der Waals surface area (Å²) in [7, 11) is 0. The molecular weight excluding hydrogens is 400 g/mol. The highest BCUT2D eigenvalue weighted by Gasteiger charge is 2.65. The molecule has 1 saturated heterocycles. The number of hydrogen-bond donors (Lipinski definition) is 1. The van der Waals surface area contributed by atoms with E-state index in [-0.39, 0.29) is 18.2 Å². The number of carbonyl (C=O) groups is 1. The van der Waals surface area contributed by atoms with Gasteiger partial charge in [0, 0.05) is 37.9 Å². The van der Waals surface area contributed by atoms with E-state index in [9.17, 15) is 4.79 Å². The Morgan fingerprint density at radius 1 is 1.03 bits per heavy atom. The fraction of sp³-hybridized carbons (Fsp3) is 0.750. The van der Waals surface area contributed by atoms with Gasteiger partial charge in [-0.2, -0.15) is 0 Å². The van der Waals surface area contributed by atoms with Gasteiger partial charge in [-0.25, -0.2) is 13.8 Å². The number of carbonyl (C=O) groups excluding carboxylic acids is 1. The number of anilines is 1. The highest BCUT2D eigenvalue weighted by atomic mass is 19.2. The molecule has 0 aromatic carbocycles. The maximum atomic E-state index is 15.4. The van der Waals surface area contributed by atoms with Crippen LogP contribution in [0.5, 0.6) is 0 Å². The third-order valence-electron chi connectivity index (χ3n) is 8.23. The second kappa shape index (κ2) is 6.87. The van der Waals surface area contributed by atoms with Crippen LogP contribution in [0.15, 0.2) is 6.20 Å². The van der Waals surface area contributed by atoms with Gasteiger partial charge < -0.3 is 15.0 Å². The largest absolute Gasteiger partial charge is 0.378 e. The Morgan fingerprint density at radius 3 is 2.39 bits per heavy atom. The number of fused-ring (bicyclic) bond motifs is 1. The van der Waals surface area contributed by atoms with Crippen molar-refractivity contribution in [2.75, 3.05) is 31.6 Å². The summed E-state index contributed by atoms with van der Waals surface area (Å²) >= 11 is 0. The van der Waals surface area contributed by atoms with Crippen LogP contribution in [0, 0.1) is 5.92 Å². The molecule has 5 nitrogen and oxygen atoms in total. The van der Waals surface area contributed by atoms with Crippen LogP contribution in [0.25, 0.3) is 0 Å². The first-order chi connectivity index (χ1) is 14.9. The summed E-state index contributed by atoms with van der Waals surface area (Å²) in [4.78, 5) is 19.6. The summed E-state index contributed by atoms with van der Waals surface area (Å²) in [5.74, 6) is 0.0953. The van der Waals surface area contributed by atoms with E-state index in [1.165, 1.54) is 0 Å². The lowest BCUT2D eigenvalue weighted by molar-refractivity contribution is -0.137. The van der Waals surface area contributed by atoms with Crippen LogP contribution >= 0.6 is 0 Å². The van der Waals surface area contributed by atoms with Crippen molar-refractivity contribution in [3.63, 3.8) is 0 Å². The zero-order chi connectivity index (χ0) is 21.3. The lowest BCUT2D eigenvalue weighted by Gasteiger charge is -2.61. The van der Waals surface area contributed by atoms with Gasteiger partial charge in [-0.05, 0) is 62.0 Å². The Hall–Kier alpha value is -1.76. The summed E-state index contributed by atoms with van der Waals surface area (Å²) in [5, 5.41) is 3.62. The number of hydrogen-bond acceptors (Lipinski definition) is 4. The van der Waals surface area contributed by atoms with Gasteiger partial charge in [0.25, 0.3) is 5.91 Å². The lowest BCUT2D eigenvalue weighted by atomic mass is 9.50. The van der Waals surface area contributed by atoms with Gasteiger partial charge in [-0.1, -0.05) is 0 Å². The Labute approximate surface area is 181 Å². The zero-order valence-corrected chi connectivity index (χ0v) is 18.0. The topological polar surface area (TPSA) is 54.5 Å². The van der Waals surface area contributed by atoms with Crippen LogP contribution in [0.1, 0.15) is 73.0 Å². The number of morpholine rings is 1. The van der Waals surface area contributed by atoms with E-state index in [0.29, 0.717) is 57.7 Å². The predicted molar refractivity (Wildman–Crippen MR) is 113 cm³/mol. The molecule has 1 aromatic rings. The molecule has 1 aliphatic heterocycles. The van der Waals surface area contributed by atoms with E-state index in [2.05, 4.69) is 10.3 Å². The van der Waals surface area contributed by atoms with Gasteiger partial charge in [-0.15, -0.1) is 0 Å². The highest BCUT2D eigenvalue weighted by molar-refractivity contribution is 5.94. The molecule has 7 rings (SSSR count). The number of nitrogens with zero attached hydrogens (tertiary/aromatic N) is 2. The number of ether oxygens (including phenoxy) is 1. The third-order valence-corrected chi connectivity index (χ3v) is 8.23. The molecule has 5 aliphatic carbocycles. The highest BCUT2D eigenvalue weighted by Crippen LogP contribution is 2.62. The van der Waals surface area contributed by atoms with E-state index in [4.69, 9.17) is 4.74 Å². The minimum Gasteiger partial charge on any atom is -0.378 e. The number of pyridine rings is 1. The molecule has 0 spiro atoms. The molecule has 1 N–H and O–H groups in total. The average Bonchev–Trinajstić information content (AvgIpc) is 2.71. The molecule has 0 radical (unpaired) electrons. The van der Waals surface area contributed by atoms with Gasteiger partial charge >= 0.3 is 0 Å². The number of alkyl halides is 2. The van der Waals surface area contributed by atoms with Crippen molar-refractivity contribution < 1.29 is 18.3 Å². The molecule has 6 aliphatic rings. The minimum absolute atomic E-state index is 0.0202. The molecule has 168 valence electrons. The van der Waals surface area contributed by atoms with Gasteiger partial charge in [0.15, 0.2) is 0 Å². The van der Waals surface area contributed by atoms with Crippen LogP contribution in [-0.4, -0.2) is 59.0 Å². The van der Waals surface area contributed by atoms with Gasteiger partial charge in [0.2, 0.25) is 0 Å². The number of aromatic nitrogens is 1. The standard InChI is InChI=1S/C24H31F2N3O2/c25-22-9-16-10-23(26,13-22)15-24(11-16,14-22)28-19-12-27-20(18-4-2-1-3-17(18)19)21(30)29-5-7-31-8-6-29/h12,16,28H,1-11,13-15H2. The van der Waals surface area contributed by atoms with Crippen LogP contribution in [0.3, 0.4) is 0 Å². The maximum Gasteiger partial charge on any atom is 0.272 e. The number of nitrogens with one attached hydrogen (secondary N) is 1. The van der Waals surface area contributed by atoms with Crippen LogP contribution in [0.4, 0.5) is 14.5 Å². The predicted octanol–water partition coefficient (Wildman–Crippen LogP) is 4.00. The Morgan fingerprint density at radius 2 is 1.71 bits per heavy atom. The lowest BCUT2D eigenvalue weighted by Crippen LogP contribution is -2.65. The van der Waals surface area contributed by atoms with E-state index in [1.54, 1.807) is 6.20 Å². The van der Waals surface area contributed by atoms with Crippen molar-refractivity contribution in [2.24, 2.45) is 5.92 Å². The van der Waals surface area contributed by atoms with Crippen molar-refractivity contribution in [3.8, 4) is 0 Å². The molecule has 1 amide bonds. The monoisotopic (exact) mass is 431 g/mol. The second-order valence-electron chi connectivity index (χ2n) is 10.8. The Balaban J connectivity index is 1.33. The molecule has 31 heavy (non-hydrogen) atoms. The molecule has 7 heteroatoms. The quantitative estimate of drug-likeness (QED) is 0.786. The molecule has 5 fully saturated rings. The van der Waals surface area contributed by atoms with E-state index in [0.717, 1.165) is 48.9 Å². The van der Waals surface area contributed by atoms with Crippen molar-refractivity contribution in [1.82, 2.24) is 9.88 Å². The van der Waals surface area contributed by atoms with Gasteiger partial charge in [-0.3, -0.25) is 4.79 Å².